The lowest BCUT2D eigenvalue weighted by Crippen LogP contribution is -2.45. The number of aromatic nitrogens is 2. The average molecular weight is 473 g/mol. The molecule has 0 spiro atoms. The van der Waals surface area contributed by atoms with Crippen LogP contribution in [0.25, 0.3) is 16.3 Å². The van der Waals surface area contributed by atoms with Crippen molar-refractivity contribution in [2.75, 3.05) is 0 Å². The van der Waals surface area contributed by atoms with E-state index in [9.17, 15) is 0 Å². The van der Waals surface area contributed by atoms with E-state index in [1.165, 1.54) is 16.7 Å². The summed E-state index contributed by atoms with van der Waals surface area (Å²) in [6.07, 6.45) is 0. The molecule has 1 N–H and O–H groups in total. The smallest absolute Gasteiger partial charge is 0.258 e. The monoisotopic (exact) mass is 472 g/mol. The number of hydrogen-bond donors (Lipinski definition) is 1. The molecule has 166 valence electrons. The van der Waals surface area contributed by atoms with Crippen LogP contribution in [-0.2, 0) is 6.54 Å². The summed E-state index contributed by atoms with van der Waals surface area (Å²) in [7, 11) is 0. The molecule has 0 fully saturated rings. The van der Waals surface area contributed by atoms with Gasteiger partial charge in [0, 0.05) is 12.2 Å². The van der Waals surface area contributed by atoms with Gasteiger partial charge in [0.25, 0.3) is 5.89 Å². The number of thiocarbonyl (C=S) groups is 1. The van der Waals surface area contributed by atoms with Crippen molar-refractivity contribution in [1.82, 2.24) is 20.4 Å². The third-order valence-electron chi connectivity index (χ3n) is 5.87. The number of thiophene rings is 1. The van der Waals surface area contributed by atoms with Crippen LogP contribution in [0.15, 0.2) is 76.3 Å². The summed E-state index contributed by atoms with van der Waals surface area (Å²) in [4.78, 5) is 7.85. The first-order valence-corrected chi connectivity index (χ1v) is 12.1. The van der Waals surface area contributed by atoms with Crippen LogP contribution in [0.5, 0.6) is 0 Å². The summed E-state index contributed by atoms with van der Waals surface area (Å²) in [6.45, 7) is 6.91. The molecule has 5 rings (SSSR count). The molecule has 5 nitrogen and oxygen atoms in total. The van der Waals surface area contributed by atoms with Gasteiger partial charge in [0.2, 0.25) is 5.82 Å². The molecular formula is C26H24N4OS2. The second-order valence-corrected chi connectivity index (χ2v) is 9.60. The molecule has 1 atom stereocenters. The molecule has 0 saturated heterocycles. The van der Waals surface area contributed by atoms with E-state index >= 15 is 0 Å². The van der Waals surface area contributed by atoms with Crippen LogP contribution in [0.4, 0.5) is 0 Å². The molecule has 0 bridgehead atoms. The van der Waals surface area contributed by atoms with Gasteiger partial charge in [-0.25, -0.2) is 0 Å². The Bertz CT molecular complexity index is 1310. The Morgan fingerprint density at radius 1 is 1.00 bits per heavy atom. The van der Waals surface area contributed by atoms with Gasteiger partial charge in [0.1, 0.15) is 0 Å². The van der Waals surface area contributed by atoms with E-state index in [1.807, 2.05) is 17.5 Å². The minimum absolute atomic E-state index is 0.177. The fraction of sp³-hybridized carbons (Fsp3) is 0.192. The highest BCUT2D eigenvalue weighted by molar-refractivity contribution is 7.80. The summed E-state index contributed by atoms with van der Waals surface area (Å²) < 4.78 is 5.80. The van der Waals surface area contributed by atoms with Gasteiger partial charge in [-0.15, -0.1) is 11.3 Å². The highest BCUT2D eigenvalue weighted by Gasteiger charge is 2.34. The molecule has 0 radical (unpaired) electrons. The number of hydrogen-bond acceptors (Lipinski definition) is 5. The normalized spacial score (nSPS) is 16.3. The van der Waals surface area contributed by atoms with Crippen LogP contribution in [0.2, 0.25) is 0 Å². The number of nitrogens with zero attached hydrogens (tertiary/aromatic N) is 3. The zero-order chi connectivity index (χ0) is 22.9. The van der Waals surface area contributed by atoms with Gasteiger partial charge < -0.3 is 14.7 Å². The maximum Gasteiger partial charge on any atom is 0.258 e. The number of nitrogens with one attached hydrogen (secondary N) is 1. The Hall–Kier alpha value is -3.29. The third kappa shape index (κ3) is 4.34. The van der Waals surface area contributed by atoms with Crippen molar-refractivity contribution in [3.63, 3.8) is 0 Å². The van der Waals surface area contributed by atoms with E-state index in [-0.39, 0.29) is 6.04 Å². The molecule has 1 unspecified atom stereocenters. The van der Waals surface area contributed by atoms with E-state index in [4.69, 9.17) is 21.7 Å². The lowest BCUT2D eigenvalue weighted by Gasteiger charge is -2.37. The summed E-state index contributed by atoms with van der Waals surface area (Å²) in [6, 6.07) is 20.8. The molecule has 2 aromatic carbocycles. The third-order valence-corrected chi connectivity index (χ3v) is 7.07. The van der Waals surface area contributed by atoms with Gasteiger partial charge in [0.15, 0.2) is 5.11 Å². The molecule has 1 aliphatic rings. The van der Waals surface area contributed by atoms with E-state index in [0.29, 0.717) is 23.4 Å². The topological polar surface area (TPSA) is 54.2 Å². The Morgan fingerprint density at radius 2 is 1.70 bits per heavy atom. The van der Waals surface area contributed by atoms with E-state index in [0.717, 1.165) is 21.7 Å². The van der Waals surface area contributed by atoms with Gasteiger partial charge in [0.05, 0.1) is 16.5 Å². The van der Waals surface area contributed by atoms with Crippen molar-refractivity contribution >= 4 is 34.2 Å². The minimum atomic E-state index is -0.177. The van der Waals surface area contributed by atoms with Gasteiger partial charge in [-0.05, 0) is 55.6 Å². The Balaban J connectivity index is 1.59. The standard InChI is InChI=1S/C26H24N4OS2/c1-16-6-10-19(11-7-16)15-30-18(3)22(25-28-24(29-31-25)21-5-4-14-33-21)23(27-26(30)32)20-12-8-17(2)9-13-20/h4-14,23H,15H2,1-3H3,(H,27,32). The highest BCUT2D eigenvalue weighted by Crippen LogP contribution is 2.38. The van der Waals surface area contributed by atoms with Crippen molar-refractivity contribution in [2.24, 2.45) is 0 Å². The Labute approximate surface area is 202 Å². The average Bonchev–Trinajstić information content (AvgIpc) is 3.50. The molecule has 0 amide bonds. The number of allylic oxidation sites excluding steroid dienone is 1. The fourth-order valence-corrected chi connectivity index (χ4v) is 4.94. The van der Waals surface area contributed by atoms with Gasteiger partial charge in [-0.2, -0.15) is 4.98 Å². The molecular weight excluding hydrogens is 448 g/mol. The van der Waals surface area contributed by atoms with Gasteiger partial charge in [-0.1, -0.05) is 70.9 Å². The molecule has 0 saturated carbocycles. The first-order chi connectivity index (χ1) is 16.0. The first kappa shape index (κ1) is 21.6. The molecule has 0 aliphatic carbocycles. The predicted octanol–water partition coefficient (Wildman–Crippen LogP) is 6.28. The van der Waals surface area contributed by atoms with Gasteiger partial charge in [-0.3, -0.25) is 0 Å². The van der Waals surface area contributed by atoms with E-state index in [1.54, 1.807) is 11.3 Å². The predicted molar refractivity (Wildman–Crippen MR) is 137 cm³/mol. The van der Waals surface area contributed by atoms with E-state index < -0.39 is 0 Å². The SMILES string of the molecule is CC1=C(c2nc(-c3cccs3)no2)C(c2ccc(C)cc2)NC(=S)N1Cc1ccc(C)cc1. The summed E-state index contributed by atoms with van der Waals surface area (Å²) >= 11 is 7.41. The van der Waals surface area contributed by atoms with Crippen LogP contribution in [-0.4, -0.2) is 20.2 Å². The van der Waals surface area contributed by atoms with Crippen molar-refractivity contribution in [3.05, 3.63) is 99.9 Å². The van der Waals surface area contributed by atoms with E-state index in [2.05, 4.69) is 84.7 Å². The van der Waals surface area contributed by atoms with Crippen molar-refractivity contribution in [3.8, 4) is 10.7 Å². The van der Waals surface area contributed by atoms with Crippen molar-refractivity contribution in [2.45, 2.75) is 33.4 Å². The van der Waals surface area contributed by atoms with Crippen LogP contribution in [0.3, 0.4) is 0 Å². The van der Waals surface area contributed by atoms with Crippen LogP contribution in [0, 0.1) is 13.8 Å². The van der Waals surface area contributed by atoms with Crippen molar-refractivity contribution < 1.29 is 4.52 Å². The second-order valence-electron chi connectivity index (χ2n) is 8.26. The zero-order valence-electron chi connectivity index (χ0n) is 18.7. The zero-order valence-corrected chi connectivity index (χ0v) is 20.3. The lowest BCUT2D eigenvalue weighted by molar-refractivity contribution is 0.396. The fourth-order valence-electron chi connectivity index (χ4n) is 3.97. The summed E-state index contributed by atoms with van der Waals surface area (Å²) in [5.74, 6) is 1.10. The largest absolute Gasteiger partial charge is 0.351 e. The molecule has 1 aliphatic heterocycles. The minimum Gasteiger partial charge on any atom is -0.351 e. The number of rotatable bonds is 5. The quantitative estimate of drug-likeness (QED) is 0.345. The molecule has 4 aromatic rings. The first-order valence-electron chi connectivity index (χ1n) is 10.8. The Morgan fingerprint density at radius 3 is 2.36 bits per heavy atom. The molecule has 2 aromatic heterocycles. The second kappa shape index (κ2) is 8.92. The summed E-state index contributed by atoms with van der Waals surface area (Å²) in [5.41, 5.74) is 6.67. The number of benzene rings is 2. The summed E-state index contributed by atoms with van der Waals surface area (Å²) in [5, 5.41) is 10.5. The molecule has 33 heavy (non-hydrogen) atoms. The van der Waals surface area contributed by atoms with Crippen molar-refractivity contribution in [1.29, 1.82) is 0 Å². The Kier molecular flexibility index (Phi) is 5.83. The van der Waals surface area contributed by atoms with Crippen LogP contribution < -0.4 is 5.32 Å². The number of aryl methyl sites for hydroxylation is 2. The molecule has 7 heteroatoms. The maximum absolute atomic E-state index is 5.82. The van der Waals surface area contributed by atoms with Crippen LogP contribution >= 0.6 is 23.6 Å². The van der Waals surface area contributed by atoms with Crippen LogP contribution in [0.1, 0.15) is 41.1 Å². The highest BCUT2D eigenvalue weighted by atomic mass is 32.1. The maximum atomic E-state index is 5.82. The molecule has 3 heterocycles. The van der Waals surface area contributed by atoms with Gasteiger partial charge >= 0.3 is 0 Å². The lowest BCUT2D eigenvalue weighted by atomic mass is 9.94.